The van der Waals surface area contributed by atoms with E-state index in [0.29, 0.717) is 11.3 Å². The van der Waals surface area contributed by atoms with Gasteiger partial charge in [-0.2, -0.15) is 10.1 Å². The molecule has 5 rings (SSSR count). The number of benzene rings is 2. The van der Waals surface area contributed by atoms with Crippen molar-refractivity contribution in [1.82, 2.24) is 26.0 Å². The first-order valence-corrected chi connectivity index (χ1v) is 12.2. The molecule has 0 saturated heterocycles. The summed E-state index contributed by atoms with van der Waals surface area (Å²) in [5.41, 5.74) is 5.69. The van der Waals surface area contributed by atoms with E-state index in [1.54, 1.807) is 12.2 Å². The van der Waals surface area contributed by atoms with Crippen LogP contribution in [-0.4, -0.2) is 55.5 Å². The van der Waals surface area contributed by atoms with Crippen LogP contribution in [0.3, 0.4) is 0 Å². The number of hydrogen-bond acceptors (Lipinski definition) is 9. The second-order valence-corrected chi connectivity index (χ2v) is 9.40. The van der Waals surface area contributed by atoms with Crippen molar-refractivity contribution in [1.29, 1.82) is 0 Å². The van der Waals surface area contributed by atoms with Crippen LogP contribution < -0.4 is 10.4 Å². The molecule has 11 heteroatoms. The summed E-state index contributed by atoms with van der Waals surface area (Å²) in [6, 6.07) is 15.1. The summed E-state index contributed by atoms with van der Waals surface area (Å²) in [5, 5.41) is 35.9. The fraction of sp³-hybridized carbons (Fsp3) is 0.259. The smallest absolute Gasteiger partial charge is 0.304 e. The van der Waals surface area contributed by atoms with Crippen molar-refractivity contribution in [2.45, 2.75) is 45.4 Å². The summed E-state index contributed by atoms with van der Waals surface area (Å²) in [7, 11) is 0. The number of tetrazole rings is 1. The van der Waals surface area contributed by atoms with Gasteiger partial charge in [-0.05, 0) is 78.6 Å². The fourth-order valence-corrected chi connectivity index (χ4v) is 4.26. The zero-order valence-electron chi connectivity index (χ0n) is 21.5. The molecular weight excluding hydrogens is 484 g/mol. The Morgan fingerprint density at radius 2 is 1.95 bits per heavy atom. The third-order valence-corrected chi connectivity index (χ3v) is 6.43. The molecule has 0 radical (unpaired) electrons. The van der Waals surface area contributed by atoms with Crippen LogP contribution in [-0.2, 0) is 15.1 Å². The van der Waals surface area contributed by atoms with E-state index >= 15 is 0 Å². The number of aromatic nitrogens is 4. The van der Waals surface area contributed by atoms with Gasteiger partial charge in [0.2, 0.25) is 5.71 Å². The first kappa shape index (κ1) is 25.0. The van der Waals surface area contributed by atoms with Crippen LogP contribution in [0.15, 0.2) is 77.0 Å². The molecule has 0 spiro atoms. The van der Waals surface area contributed by atoms with Gasteiger partial charge < -0.3 is 9.84 Å². The van der Waals surface area contributed by atoms with E-state index in [4.69, 9.17) is 4.74 Å². The molecular formula is C27H28N8O3. The number of H-pyrrole nitrogens is 1. The van der Waals surface area contributed by atoms with Gasteiger partial charge in [0.25, 0.3) is 5.90 Å². The first-order valence-electron chi connectivity index (χ1n) is 12.2. The molecule has 1 aromatic heterocycles. The first-order chi connectivity index (χ1) is 18.3. The number of nitrogens with zero attached hydrogens (tertiary/aromatic N) is 6. The van der Waals surface area contributed by atoms with E-state index in [9.17, 15) is 9.90 Å². The fourth-order valence-electron chi connectivity index (χ4n) is 4.26. The van der Waals surface area contributed by atoms with Gasteiger partial charge in [0.1, 0.15) is 6.10 Å². The number of rotatable bonds is 6. The number of carbonyl (C=O) groups excluding carboxylic acids is 1. The number of aliphatic hydroxyl groups excluding tert-OH is 1. The molecule has 1 amide bonds. The van der Waals surface area contributed by atoms with Crippen LogP contribution in [0.1, 0.15) is 36.4 Å². The zero-order valence-corrected chi connectivity index (χ0v) is 21.5. The molecule has 11 nitrogen and oxygen atoms in total. The maximum atomic E-state index is 13.5. The Bertz CT molecular complexity index is 1460. The van der Waals surface area contributed by atoms with Gasteiger partial charge in [0.15, 0.2) is 11.4 Å². The molecule has 2 unspecified atom stereocenters. The zero-order chi connectivity index (χ0) is 26.9. The number of amides is 1. The molecule has 2 aromatic carbocycles. The second-order valence-electron chi connectivity index (χ2n) is 9.40. The van der Waals surface area contributed by atoms with Crippen LogP contribution in [0, 0.1) is 13.8 Å². The number of nitrogens with one attached hydrogen (secondary N) is 2. The standard InChI is InChI=1S/C27H28N8O3/c1-16(2)38-24-22(25(37)35(31-24)20-13-12-17(3)18(4)15-20)28-32-27(26-29-33-34-30-26)14-8-11-21(23(27)36)19-9-6-5-7-10-19/h5-16,23,32,36H,1-4H3,(H,29,30,33,34). The summed E-state index contributed by atoms with van der Waals surface area (Å²) in [5.74, 6) is -0.197. The maximum Gasteiger partial charge on any atom is 0.304 e. The number of ether oxygens (including phenoxy) is 1. The molecule has 0 bridgehead atoms. The number of aromatic amines is 1. The van der Waals surface area contributed by atoms with Crippen molar-refractivity contribution >= 4 is 28.8 Å². The Labute approximate surface area is 219 Å². The largest absolute Gasteiger partial charge is 0.472 e. The highest BCUT2D eigenvalue weighted by atomic mass is 16.5. The molecule has 3 N–H and O–H groups in total. The van der Waals surface area contributed by atoms with Crippen LogP contribution in [0.25, 0.3) is 5.57 Å². The highest BCUT2D eigenvalue weighted by Crippen LogP contribution is 2.36. The predicted octanol–water partition coefficient (Wildman–Crippen LogP) is 2.76. The van der Waals surface area contributed by atoms with Gasteiger partial charge in [-0.1, -0.05) is 48.6 Å². The number of carbonyl (C=O) groups is 1. The lowest BCUT2D eigenvalue weighted by molar-refractivity contribution is -0.112. The lowest BCUT2D eigenvalue weighted by atomic mass is 9.80. The highest BCUT2D eigenvalue weighted by Gasteiger charge is 2.45. The van der Waals surface area contributed by atoms with Gasteiger partial charge in [-0.15, -0.1) is 10.2 Å². The summed E-state index contributed by atoms with van der Waals surface area (Å²) in [6.45, 7) is 7.64. The second kappa shape index (κ2) is 10.0. The quantitative estimate of drug-likeness (QED) is 0.431. The van der Waals surface area contributed by atoms with Gasteiger partial charge in [-0.3, -0.25) is 10.2 Å². The van der Waals surface area contributed by atoms with Crippen LogP contribution in [0.4, 0.5) is 5.69 Å². The number of hydrazone groups is 2. The van der Waals surface area contributed by atoms with Crippen molar-refractivity contribution in [2.75, 3.05) is 5.01 Å². The van der Waals surface area contributed by atoms with Crippen molar-refractivity contribution in [3.8, 4) is 0 Å². The normalized spacial score (nSPS) is 22.2. The molecule has 0 fully saturated rings. The SMILES string of the molecule is Cc1ccc(N2N=C(OC(C)C)C(=NNC3(c4nnn[nH]4)C=CC=C(c4ccccc4)C3O)C2=O)cc1C. The summed E-state index contributed by atoms with van der Waals surface area (Å²) in [6.07, 6.45) is 3.87. The van der Waals surface area contributed by atoms with E-state index in [0.717, 1.165) is 16.7 Å². The average Bonchev–Trinajstić information content (AvgIpc) is 3.55. The minimum atomic E-state index is -1.41. The van der Waals surface area contributed by atoms with Crippen molar-refractivity contribution in [3.63, 3.8) is 0 Å². The Hall–Kier alpha value is -4.64. The Morgan fingerprint density at radius 1 is 1.16 bits per heavy atom. The minimum absolute atomic E-state index is 0.0415. The summed E-state index contributed by atoms with van der Waals surface area (Å²) < 4.78 is 5.86. The third-order valence-electron chi connectivity index (χ3n) is 6.43. The van der Waals surface area contributed by atoms with Gasteiger partial charge in [-0.25, -0.2) is 5.10 Å². The number of hydrogen-bond donors (Lipinski definition) is 3. The van der Waals surface area contributed by atoms with E-state index in [2.05, 4.69) is 36.3 Å². The molecule has 0 saturated carbocycles. The highest BCUT2D eigenvalue weighted by molar-refractivity contribution is 6.70. The van der Waals surface area contributed by atoms with E-state index in [1.165, 1.54) is 5.01 Å². The molecule has 2 heterocycles. The monoisotopic (exact) mass is 512 g/mol. The lowest BCUT2D eigenvalue weighted by Gasteiger charge is -2.36. The Balaban J connectivity index is 1.53. The van der Waals surface area contributed by atoms with Gasteiger partial charge >= 0.3 is 5.91 Å². The molecule has 1 aliphatic carbocycles. The Morgan fingerprint density at radius 3 is 2.63 bits per heavy atom. The molecule has 194 valence electrons. The van der Waals surface area contributed by atoms with Crippen LogP contribution >= 0.6 is 0 Å². The van der Waals surface area contributed by atoms with E-state index in [-0.39, 0.29) is 23.5 Å². The maximum absolute atomic E-state index is 13.5. The predicted molar refractivity (Wildman–Crippen MR) is 143 cm³/mol. The van der Waals surface area contributed by atoms with Crippen molar-refractivity contribution in [2.24, 2.45) is 10.2 Å². The molecule has 1 aliphatic heterocycles. The number of aliphatic hydroxyl groups is 1. The van der Waals surface area contributed by atoms with Crippen LogP contribution in [0.5, 0.6) is 0 Å². The number of anilines is 1. The molecule has 3 aromatic rings. The molecule has 2 atom stereocenters. The number of allylic oxidation sites excluding steroid dienone is 2. The molecule has 38 heavy (non-hydrogen) atoms. The minimum Gasteiger partial charge on any atom is -0.472 e. The average molecular weight is 513 g/mol. The van der Waals surface area contributed by atoms with Crippen LogP contribution in [0.2, 0.25) is 0 Å². The van der Waals surface area contributed by atoms with Crippen molar-refractivity contribution < 1.29 is 14.6 Å². The number of aryl methyl sites for hydroxylation is 2. The third kappa shape index (κ3) is 4.48. The summed E-state index contributed by atoms with van der Waals surface area (Å²) in [4.78, 5) is 13.5. The lowest BCUT2D eigenvalue weighted by Crippen LogP contribution is -2.51. The van der Waals surface area contributed by atoms with E-state index in [1.807, 2.05) is 82.3 Å². The Kier molecular flexibility index (Phi) is 6.60. The summed E-state index contributed by atoms with van der Waals surface area (Å²) >= 11 is 0. The van der Waals surface area contributed by atoms with E-state index < -0.39 is 17.6 Å². The van der Waals surface area contributed by atoms with Gasteiger partial charge in [0.05, 0.1) is 11.8 Å². The van der Waals surface area contributed by atoms with Crippen molar-refractivity contribution in [3.05, 3.63) is 89.3 Å². The van der Waals surface area contributed by atoms with Gasteiger partial charge in [0, 0.05) is 0 Å². The topological polar surface area (TPSA) is 141 Å². The molecule has 2 aliphatic rings.